The van der Waals surface area contributed by atoms with Gasteiger partial charge in [0.15, 0.2) is 0 Å². The van der Waals surface area contributed by atoms with Crippen LogP contribution in [0.1, 0.15) is 5.56 Å². The predicted molar refractivity (Wildman–Crippen MR) is 53.9 cm³/mol. The Balaban J connectivity index is 2.61. The molecule has 0 amide bonds. The molecule has 0 aliphatic rings. The molecule has 0 aliphatic heterocycles. The third-order valence-corrected chi connectivity index (χ3v) is 2.08. The lowest BCUT2D eigenvalue weighted by Gasteiger charge is -2.05. The summed E-state index contributed by atoms with van der Waals surface area (Å²) in [6.45, 7) is 1.96. The fraction of sp³-hybridized carbons (Fsp3) is 0.0909. The van der Waals surface area contributed by atoms with E-state index in [4.69, 9.17) is 0 Å². The van der Waals surface area contributed by atoms with Crippen molar-refractivity contribution >= 4 is 0 Å². The number of aromatic nitrogens is 2. The maximum Gasteiger partial charge on any atom is 0.141 e. The van der Waals surface area contributed by atoms with Gasteiger partial charge in [-0.2, -0.15) is 0 Å². The second kappa shape index (κ2) is 3.46. The zero-order chi connectivity index (χ0) is 9.97. The number of aryl methyl sites for hydroxylation is 1. The van der Waals surface area contributed by atoms with Crippen LogP contribution in [0.2, 0.25) is 0 Å². The van der Waals surface area contributed by atoms with E-state index in [0.29, 0.717) is 5.69 Å². The van der Waals surface area contributed by atoms with E-state index in [1.165, 1.54) is 0 Å². The fourth-order valence-electron chi connectivity index (χ4n) is 1.32. The van der Waals surface area contributed by atoms with E-state index in [9.17, 15) is 5.11 Å². The predicted octanol–water partition coefficient (Wildman–Crippen LogP) is 2.16. The smallest absolute Gasteiger partial charge is 0.141 e. The standard InChI is InChI=1S/C11H10N2O/c1-8-4-6-12-7-9(8)11-10(14)3-2-5-13-11/h2-7,14H,1H3. The first kappa shape index (κ1) is 8.69. The van der Waals surface area contributed by atoms with Gasteiger partial charge in [0.2, 0.25) is 0 Å². The molecule has 0 spiro atoms. The SMILES string of the molecule is Cc1ccncc1-c1ncccc1O. The Bertz CT molecular complexity index is 411. The van der Waals surface area contributed by atoms with E-state index in [1.54, 1.807) is 30.7 Å². The highest BCUT2D eigenvalue weighted by molar-refractivity contribution is 5.67. The highest BCUT2D eigenvalue weighted by Crippen LogP contribution is 2.27. The van der Waals surface area contributed by atoms with Crippen LogP contribution in [-0.4, -0.2) is 15.1 Å². The minimum atomic E-state index is 0.184. The minimum Gasteiger partial charge on any atom is -0.506 e. The summed E-state index contributed by atoms with van der Waals surface area (Å²) in [4.78, 5) is 8.13. The fourth-order valence-corrected chi connectivity index (χ4v) is 1.32. The molecule has 0 aliphatic carbocycles. The van der Waals surface area contributed by atoms with Crippen molar-refractivity contribution in [2.24, 2.45) is 0 Å². The molecule has 0 fully saturated rings. The van der Waals surface area contributed by atoms with Gasteiger partial charge in [0, 0.05) is 24.2 Å². The Morgan fingerprint density at radius 3 is 2.79 bits per heavy atom. The summed E-state index contributed by atoms with van der Waals surface area (Å²) in [6.07, 6.45) is 5.08. The lowest BCUT2D eigenvalue weighted by Crippen LogP contribution is -1.88. The van der Waals surface area contributed by atoms with E-state index in [0.717, 1.165) is 11.1 Å². The average molecular weight is 186 g/mol. The highest BCUT2D eigenvalue weighted by atomic mass is 16.3. The van der Waals surface area contributed by atoms with Crippen molar-refractivity contribution in [1.82, 2.24) is 9.97 Å². The van der Waals surface area contributed by atoms with E-state index in [2.05, 4.69) is 9.97 Å². The summed E-state index contributed by atoms with van der Waals surface area (Å²) in [7, 11) is 0. The number of aromatic hydroxyl groups is 1. The van der Waals surface area contributed by atoms with E-state index < -0.39 is 0 Å². The molecule has 2 rings (SSSR count). The van der Waals surface area contributed by atoms with E-state index >= 15 is 0 Å². The number of rotatable bonds is 1. The first-order chi connectivity index (χ1) is 6.79. The van der Waals surface area contributed by atoms with Crippen LogP contribution < -0.4 is 0 Å². The molecule has 2 aromatic rings. The van der Waals surface area contributed by atoms with Crippen molar-refractivity contribution < 1.29 is 5.11 Å². The van der Waals surface area contributed by atoms with Crippen molar-refractivity contribution in [3.63, 3.8) is 0 Å². The molecular formula is C11H10N2O. The minimum absolute atomic E-state index is 0.184. The number of pyridine rings is 2. The molecule has 70 valence electrons. The van der Waals surface area contributed by atoms with Crippen LogP contribution in [0.15, 0.2) is 36.8 Å². The van der Waals surface area contributed by atoms with E-state index in [-0.39, 0.29) is 5.75 Å². The topological polar surface area (TPSA) is 46.0 Å². The molecule has 3 nitrogen and oxygen atoms in total. The summed E-state index contributed by atoms with van der Waals surface area (Å²) in [5.74, 6) is 0.184. The quantitative estimate of drug-likeness (QED) is 0.742. The van der Waals surface area contributed by atoms with Crippen LogP contribution in [0.25, 0.3) is 11.3 Å². The first-order valence-corrected chi connectivity index (χ1v) is 4.34. The van der Waals surface area contributed by atoms with Gasteiger partial charge in [-0.25, -0.2) is 0 Å². The summed E-state index contributed by atoms with van der Waals surface area (Å²) >= 11 is 0. The maximum absolute atomic E-state index is 9.60. The zero-order valence-corrected chi connectivity index (χ0v) is 7.81. The second-order valence-electron chi connectivity index (χ2n) is 3.06. The molecule has 2 heterocycles. The molecule has 0 saturated carbocycles. The summed E-state index contributed by atoms with van der Waals surface area (Å²) in [6, 6.07) is 5.21. The van der Waals surface area contributed by atoms with E-state index in [1.807, 2.05) is 13.0 Å². The number of nitrogens with zero attached hydrogens (tertiary/aromatic N) is 2. The highest BCUT2D eigenvalue weighted by Gasteiger charge is 2.06. The molecule has 0 aromatic carbocycles. The molecular weight excluding hydrogens is 176 g/mol. The van der Waals surface area contributed by atoms with Crippen molar-refractivity contribution in [2.45, 2.75) is 6.92 Å². The van der Waals surface area contributed by atoms with Crippen LogP contribution in [0.5, 0.6) is 5.75 Å². The van der Waals surface area contributed by atoms with Crippen molar-refractivity contribution in [1.29, 1.82) is 0 Å². The largest absolute Gasteiger partial charge is 0.506 e. The van der Waals surface area contributed by atoms with Crippen LogP contribution in [0.3, 0.4) is 0 Å². The Labute approximate surface area is 82.1 Å². The lowest BCUT2D eigenvalue weighted by atomic mass is 10.1. The van der Waals surface area contributed by atoms with Crippen molar-refractivity contribution in [2.75, 3.05) is 0 Å². The van der Waals surface area contributed by atoms with Crippen molar-refractivity contribution in [3.8, 4) is 17.0 Å². The Morgan fingerprint density at radius 2 is 2.07 bits per heavy atom. The molecule has 1 N–H and O–H groups in total. The second-order valence-corrected chi connectivity index (χ2v) is 3.06. The molecule has 0 bridgehead atoms. The Kier molecular flexibility index (Phi) is 2.14. The van der Waals surface area contributed by atoms with Gasteiger partial charge in [-0.05, 0) is 30.7 Å². The van der Waals surface area contributed by atoms with Crippen LogP contribution in [0, 0.1) is 6.92 Å². The van der Waals surface area contributed by atoms with Crippen LogP contribution in [-0.2, 0) is 0 Å². The number of hydrogen-bond donors (Lipinski definition) is 1. The summed E-state index contributed by atoms with van der Waals surface area (Å²) in [5, 5.41) is 9.60. The van der Waals surface area contributed by atoms with Gasteiger partial charge < -0.3 is 5.11 Å². The zero-order valence-electron chi connectivity index (χ0n) is 7.81. The molecule has 0 radical (unpaired) electrons. The third-order valence-electron chi connectivity index (χ3n) is 2.08. The third kappa shape index (κ3) is 1.44. The Morgan fingerprint density at radius 1 is 1.21 bits per heavy atom. The molecule has 2 aromatic heterocycles. The molecule has 3 heteroatoms. The number of hydrogen-bond acceptors (Lipinski definition) is 3. The van der Waals surface area contributed by atoms with Gasteiger partial charge in [-0.1, -0.05) is 0 Å². The average Bonchev–Trinajstić information content (AvgIpc) is 2.20. The van der Waals surface area contributed by atoms with Gasteiger partial charge in [0.1, 0.15) is 11.4 Å². The van der Waals surface area contributed by atoms with Gasteiger partial charge in [0.25, 0.3) is 0 Å². The summed E-state index contributed by atoms with van der Waals surface area (Å²) in [5.41, 5.74) is 2.50. The van der Waals surface area contributed by atoms with Crippen molar-refractivity contribution in [3.05, 3.63) is 42.4 Å². The van der Waals surface area contributed by atoms with Gasteiger partial charge in [-0.15, -0.1) is 0 Å². The first-order valence-electron chi connectivity index (χ1n) is 4.34. The molecule has 0 saturated heterocycles. The van der Waals surface area contributed by atoms with Gasteiger partial charge in [-0.3, -0.25) is 9.97 Å². The normalized spacial score (nSPS) is 10.1. The maximum atomic E-state index is 9.60. The summed E-state index contributed by atoms with van der Waals surface area (Å²) < 4.78 is 0. The monoisotopic (exact) mass is 186 g/mol. The van der Waals surface area contributed by atoms with Crippen LogP contribution in [0.4, 0.5) is 0 Å². The molecule has 0 atom stereocenters. The van der Waals surface area contributed by atoms with Gasteiger partial charge in [0.05, 0.1) is 0 Å². The molecule has 14 heavy (non-hydrogen) atoms. The lowest BCUT2D eigenvalue weighted by molar-refractivity contribution is 0.475. The Hall–Kier alpha value is -1.90. The van der Waals surface area contributed by atoms with Crippen LogP contribution >= 0.6 is 0 Å². The van der Waals surface area contributed by atoms with Gasteiger partial charge >= 0.3 is 0 Å². The molecule has 0 unspecified atom stereocenters.